The van der Waals surface area contributed by atoms with Gasteiger partial charge >= 0.3 is 0 Å². The van der Waals surface area contributed by atoms with E-state index in [9.17, 15) is 4.79 Å². The van der Waals surface area contributed by atoms with Gasteiger partial charge < -0.3 is 14.2 Å². The van der Waals surface area contributed by atoms with Gasteiger partial charge in [-0.3, -0.25) is 4.79 Å². The number of nitrogens with zero attached hydrogens (tertiary/aromatic N) is 5. The highest BCUT2D eigenvalue weighted by Gasteiger charge is 2.31. The van der Waals surface area contributed by atoms with Gasteiger partial charge in [0.25, 0.3) is 5.91 Å². The smallest absolute Gasteiger partial charge is 0.255 e. The van der Waals surface area contributed by atoms with Gasteiger partial charge in [0.1, 0.15) is 5.52 Å². The molecule has 0 saturated carbocycles. The Kier molecular flexibility index (Phi) is 4.48. The number of carbonyl (C=O) groups excluding carboxylic acids is 1. The Morgan fingerprint density at radius 2 is 2.14 bits per heavy atom. The van der Waals surface area contributed by atoms with Crippen molar-refractivity contribution >= 4 is 28.4 Å². The average molecular weight is 405 g/mol. The van der Waals surface area contributed by atoms with E-state index in [4.69, 9.17) is 9.72 Å². The topological polar surface area (TPSA) is 73.1 Å². The largest absolute Gasteiger partial charge is 0.481 e. The molecule has 1 amide bonds. The Morgan fingerprint density at radius 3 is 2.90 bits per heavy atom. The lowest BCUT2D eigenvalue weighted by molar-refractivity contribution is 0.0787. The SMILES string of the molecule is COc1ccc(C(=O)N2CCC(n3c(-c4cccs4)nc4cccnc43)C2)cn1. The molecule has 4 aromatic heterocycles. The molecule has 0 bridgehead atoms. The molecule has 1 saturated heterocycles. The Labute approximate surface area is 171 Å². The summed E-state index contributed by atoms with van der Waals surface area (Å²) >= 11 is 1.66. The van der Waals surface area contributed by atoms with E-state index in [-0.39, 0.29) is 11.9 Å². The van der Waals surface area contributed by atoms with E-state index in [0.717, 1.165) is 28.3 Å². The summed E-state index contributed by atoms with van der Waals surface area (Å²) in [5, 5.41) is 2.05. The normalized spacial score (nSPS) is 16.4. The standard InChI is InChI=1S/C21H19N5O2S/c1-28-18-7-6-14(12-23-18)21(27)25-10-8-15(13-25)26-19-16(4-2-9-22-19)24-20(26)17-5-3-11-29-17/h2-7,9,11-12,15H,8,10,13H2,1H3. The van der Waals surface area contributed by atoms with Crippen LogP contribution in [0.1, 0.15) is 22.8 Å². The van der Waals surface area contributed by atoms with Gasteiger partial charge in [-0.05, 0) is 36.1 Å². The zero-order valence-electron chi connectivity index (χ0n) is 15.9. The van der Waals surface area contributed by atoms with Gasteiger partial charge in [0.15, 0.2) is 11.5 Å². The van der Waals surface area contributed by atoms with E-state index in [1.165, 1.54) is 0 Å². The van der Waals surface area contributed by atoms with Crippen molar-refractivity contribution in [2.45, 2.75) is 12.5 Å². The van der Waals surface area contributed by atoms with Crippen molar-refractivity contribution in [2.24, 2.45) is 0 Å². The van der Waals surface area contributed by atoms with E-state index in [1.807, 2.05) is 28.5 Å². The summed E-state index contributed by atoms with van der Waals surface area (Å²) in [7, 11) is 1.56. The van der Waals surface area contributed by atoms with Crippen molar-refractivity contribution in [1.82, 2.24) is 24.4 Å². The lowest BCUT2D eigenvalue weighted by atomic mass is 10.2. The molecule has 1 aliphatic rings. The molecule has 1 aliphatic heterocycles. The van der Waals surface area contributed by atoms with Crippen molar-refractivity contribution < 1.29 is 9.53 Å². The third-order valence-electron chi connectivity index (χ3n) is 5.20. The maximum Gasteiger partial charge on any atom is 0.255 e. The molecule has 1 fully saturated rings. The first-order chi connectivity index (χ1) is 14.2. The molecular formula is C21H19N5O2S. The summed E-state index contributed by atoms with van der Waals surface area (Å²) in [6.45, 7) is 1.30. The van der Waals surface area contributed by atoms with Crippen LogP contribution in [0.15, 0.2) is 54.2 Å². The third-order valence-corrected chi connectivity index (χ3v) is 6.06. The molecule has 146 valence electrons. The number of carbonyl (C=O) groups is 1. The minimum Gasteiger partial charge on any atom is -0.481 e. The van der Waals surface area contributed by atoms with Crippen molar-refractivity contribution in [3.05, 3.63) is 59.7 Å². The monoisotopic (exact) mass is 405 g/mol. The molecule has 7 nitrogen and oxygen atoms in total. The number of rotatable bonds is 4. The van der Waals surface area contributed by atoms with E-state index in [0.29, 0.717) is 24.5 Å². The molecule has 0 radical (unpaired) electrons. The first kappa shape index (κ1) is 17.8. The number of hydrogen-bond acceptors (Lipinski definition) is 6. The Hall–Kier alpha value is -3.26. The van der Waals surface area contributed by atoms with Crippen LogP contribution in [0.3, 0.4) is 0 Å². The van der Waals surface area contributed by atoms with Crippen molar-refractivity contribution in [3.8, 4) is 16.6 Å². The minimum atomic E-state index is -0.0160. The molecule has 8 heteroatoms. The van der Waals surface area contributed by atoms with Gasteiger partial charge in [-0.15, -0.1) is 11.3 Å². The average Bonchev–Trinajstić information content (AvgIpc) is 3.52. The number of likely N-dealkylation sites (tertiary alicyclic amines) is 1. The van der Waals surface area contributed by atoms with Crippen LogP contribution in [-0.2, 0) is 0 Å². The molecular weight excluding hydrogens is 386 g/mol. The van der Waals surface area contributed by atoms with E-state index < -0.39 is 0 Å². The number of ether oxygens (including phenoxy) is 1. The highest BCUT2D eigenvalue weighted by atomic mass is 32.1. The summed E-state index contributed by atoms with van der Waals surface area (Å²) in [4.78, 5) is 29.5. The van der Waals surface area contributed by atoms with Crippen LogP contribution in [0.2, 0.25) is 0 Å². The van der Waals surface area contributed by atoms with Crippen LogP contribution < -0.4 is 4.74 Å². The molecule has 1 unspecified atom stereocenters. The van der Waals surface area contributed by atoms with Crippen LogP contribution >= 0.6 is 11.3 Å². The van der Waals surface area contributed by atoms with Crippen LogP contribution in [-0.4, -0.2) is 50.5 Å². The fourth-order valence-corrected chi connectivity index (χ4v) is 4.51. The highest BCUT2D eigenvalue weighted by molar-refractivity contribution is 7.13. The number of fused-ring (bicyclic) bond motifs is 1. The second-order valence-electron chi connectivity index (χ2n) is 6.91. The molecule has 1 atom stereocenters. The van der Waals surface area contributed by atoms with Crippen LogP contribution in [0.4, 0.5) is 0 Å². The summed E-state index contributed by atoms with van der Waals surface area (Å²) in [5.41, 5.74) is 2.31. The summed E-state index contributed by atoms with van der Waals surface area (Å²) in [6, 6.07) is 11.6. The molecule has 4 aromatic rings. The first-order valence-corrected chi connectivity index (χ1v) is 10.3. The summed E-state index contributed by atoms with van der Waals surface area (Å²) < 4.78 is 7.27. The highest BCUT2D eigenvalue weighted by Crippen LogP contribution is 2.34. The Bertz CT molecular complexity index is 1150. The second-order valence-corrected chi connectivity index (χ2v) is 7.86. The van der Waals surface area contributed by atoms with Gasteiger partial charge in [0, 0.05) is 31.5 Å². The van der Waals surface area contributed by atoms with Gasteiger partial charge in [-0.25, -0.2) is 15.0 Å². The van der Waals surface area contributed by atoms with Crippen LogP contribution in [0.25, 0.3) is 21.9 Å². The van der Waals surface area contributed by atoms with Crippen molar-refractivity contribution in [3.63, 3.8) is 0 Å². The van der Waals surface area contributed by atoms with E-state index in [1.54, 1.807) is 43.0 Å². The number of hydrogen-bond donors (Lipinski definition) is 0. The molecule has 0 aromatic carbocycles. The zero-order valence-corrected chi connectivity index (χ0v) is 16.7. The van der Waals surface area contributed by atoms with Gasteiger partial charge in [0.05, 0.1) is 23.6 Å². The minimum absolute atomic E-state index is 0.0160. The van der Waals surface area contributed by atoms with Gasteiger partial charge in [-0.1, -0.05) is 6.07 Å². The van der Waals surface area contributed by atoms with E-state index >= 15 is 0 Å². The predicted octanol–water partition coefficient (Wildman–Crippen LogP) is 3.65. The Morgan fingerprint density at radius 1 is 1.21 bits per heavy atom. The molecule has 29 heavy (non-hydrogen) atoms. The fraction of sp³-hybridized carbons (Fsp3) is 0.238. The van der Waals surface area contributed by atoms with Gasteiger partial charge in [0.2, 0.25) is 5.88 Å². The maximum absolute atomic E-state index is 12.9. The molecule has 5 rings (SSSR count). The summed E-state index contributed by atoms with van der Waals surface area (Å²) in [6.07, 6.45) is 4.22. The predicted molar refractivity (Wildman–Crippen MR) is 111 cm³/mol. The zero-order chi connectivity index (χ0) is 19.8. The molecule has 0 spiro atoms. The van der Waals surface area contributed by atoms with E-state index in [2.05, 4.69) is 20.6 Å². The number of amides is 1. The molecule has 0 aliphatic carbocycles. The van der Waals surface area contributed by atoms with Crippen LogP contribution in [0, 0.1) is 0 Å². The van der Waals surface area contributed by atoms with Crippen molar-refractivity contribution in [2.75, 3.05) is 20.2 Å². The molecule has 0 N–H and O–H groups in total. The van der Waals surface area contributed by atoms with Crippen LogP contribution in [0.5, 0.6) is 5.88 Å². The third kappa shape index (κ3) is 3.15. The second kappa shape index (κ2) is 7.29. The number of methoxy groups -OCH3 is 1. The maximum atomic E-state index is 12.9. The van der Waals surface area contributed by atoms with Gasteiger partial charge in [-0.2, -0.15) is 0 Å². The lowest BCUT2D eigenvalue weighted by Crippen LogP contribution is -2.29. The first-order valence-electron chi connectivity index (χ1n) is 9.41. The Balaban J connectivity index is 1.46. The number of pyridine rings is 2. The fourth-order valence-electron chi connectivity index (χ4n) is 3.80. The number of thiophene rings is 1. The summed E-state index contributed by atoms with van der Waals surface area (Å²) in [5.74, 6) is 1.40. The quantitative estimate of drug-likeness (QED) is 0.518. The van der Waals surface area contributed by atoms with Crippen molar-refractivity contribution in [1.29, 1.82) is 0 Å². The number of aromatic nitrogens is 4. The lowest BCUT2D eigenvalue weighted by Gasteiger charge is -2.18. The number of imidazole rings is 1. The molecule has 5 heterocycles.